The molecule has 2 atom stereocenters. The molecule has 0 bridgehead atoms. The molecule has 0 aliphatic carbocycles. The number of carbonyl (C=O) groups excluding carboxylic acids is 2. The number of anilines is 1. The molecule has 0 saturated carbocycles. The van der Waals surface area contributed by atoms with E-state index in [0.717, 1.165) is 37.6 Å². The molecule has 0 radical (unpaired) electrons. The molecule has 2 heterocycles. The van der Waals surface area contributed by atoms with Crippen LogP contribution in [0.4, 0.5) is 5.69 Å². The summed E-state index contributed by atoms with van der Waals surface area (Å²) < 4.78 is 16.6. The lowest BCUT2D eigenvalue weighted by atomic mass is 10.1. The first-order valence-corrected chi connectivity index (χ1v) is 10.7. The first-order chi connectivity index (χ1) is 15.5. The average Bonchev–Trinajstić information content (AvgIpc) is 3.14. The van der Waals surface area contributed by atoms with E-state index in [2.05, 4.69) is 15.9 Å². The summed E-state index contributed by atoms with van der Waals surface area (Å²) >= 11 is 0. The number of ether oxygens (including phenoxy) is 3. The molecule has 2 aromatic carbocycles. The third kappa shape index (κ3) is 4.71. The number of rotatable bonds is 8. The Morgan fingerprint density at radius 3 is 2.66 bits per heavy atom. The van der Waals surface area contributed by atoms with Gasteiger partial charge in [-0.05, 0) is 37.3 Å². The first-order valence-electron chi connectivity index (χ1n) is 10.7. The zero-order valence-electron chi connectivity index (χ0n) is 18.3. The molecule has 0 amide bonds. The Morgan fingerprint density at radius 2 is 1.94 bits per heavy atom. The number of aliphatic hydroxyl groups excluding tert-OH is 1. The van der Waals surface area contributed by atoms with Gasteiger partial charge in [-0.3, -0.25) is 14.5 Å². The van der Waals surface area contributed by atoms with Crippen LogP contribution in [0.1, 0.15) is 17.3 Å². The van der Waals surface area contributed by atoms with Crippen LogP contribution in [0, 0.1) is 0 Å². The molecule has 170 valence electrons. The van der Waals surface area contributed by atoms with E-state index in [-0.39, 0.29) is 18.2 Å². The van der Waals surface area contributed by atoms with Crippen molar-refractivity contribution in [3.63, 3.8) is 0 Å². The molecule has 2 aliphatic heterocycles. The first kappa shape index (κ1) is 22.1. The number of para-hydroxylation sites is 2. The average molecular weight is 440 g/mol. The van der Waals surface area contributed by atoms with Crippen molar-refractivity contribution in [2.24, 2.45) is 0 Å². The van der Waals surface area contributed by atoms with E-state index in [1.807, 2.05) is 18.2 Å². The Balaban J connectivity index is 1.26. The molecule has 1 fully saturated rings. The number of piperazine rings is 1. The highest BCUT2D eigenvalue weighted by Crippen LogP contribution is 2.32. The van der Waals surface area contributed by atoms with Crippen LogP contribution in [0.15, 0.2) is 42.5 Å². The fourth-order valence-corrected chi connectivity index (χ4v) is 4.09. The van der Waals surface area contributed by atoms with Gasteiger partial charge in [-0.25, -0.2) is 0 Å². The number of aliphatic hydroxyl groups is 1. The van der Waals surface area contributed by atoms with Gasteiger partial charge in [-0.1, -0.05) is 12.1 Å². The summed E-state index contributed by atoms with van der Waals surface area (Å²) in [7, 11) is 1.68. The largest absolute Gasteiger partial charge is 0.495 e. The Bertz CT molecular complexity index is 986. The van der Waals surface area contributed by atoms with E-state index in [9.17, 15) is 14.7 Å². The molecule has 4 rings (SSSR count). The quantitative estimate of drug-likeness (QED) is 0.622. The molecule has 2 aromatic rings. The lowest BCUT2D eigenvalue weighted by molar-refractivity contribution is -0.121. The van der Waals surface area contributed by atoms with Crippen molar-refractivity contribution >= 4 is 17.3 Å². The minimum atomic E-state index is -1.07. The molecule has 8 nitrogen and oxygen atoms in total. The maximum atomic E-state index is 12.3. The highest BCUT2D eigenvalue weighted by molar-refractivity contribution is 6.16. The fourth-order valence-electron chi connectivity index (χ4n) is 4.09. The summed E-state index contributed by atoms with van der Waals surface area (Å²) in [5, 5.41) is 10.5. The second-order valence-corrected chi connectivity index (χ2v) is 8.06. The van der Waals surface area contributed by atoms with Crippen molar-refractivity contribution in [2.75, 3.05) is 51.3 Å². The summed E-state index contributed by atoms with van der Waals surface area (Å²) in [6.07, 6.45) is -1.74. The Hall–Kier alpha value is -3.10. The molecule has 0 spiro atoms. The van der Waals surface area contributed by atoms with E-state index >= 15 is 0 Å². The van der Waals surface area contributed by atoms with Gasteiger partial charge in [-0.2, -0.15) is 0 Å². The third-order valence-corrected chi connectivity index (χ3v) is 5.78. The zero-order chi connectivity index (χ0) is 22.7. The number of hydrogen-bond donors (Lipinski definition) is 1. The number of fused-ring (bicyclic) bond motifs is 1. The minimum Gasteiger partial charge on any atom is -0.495 e. The van der Waals surface area contributed by atoms with Crippen molar-refractivity contribution in [3.05, 3.63) is 48.0 Å². The van der Waals surface area contributed by atoms with Gasteiger partial charge >= 0.3 is 0 Å². The van der Waals surface area contributed by atoms with Gasteiger partial charge < -0.3 is 24.2 Å². The summed E-state index contributed by atoms with van der Waals surface area (Å²) in [5.74, 6) is 1.03. The van der Waals surface area contributed by atoms with Gasteiger partial charge in [0.25, 0.3) is 0 Å². The van der Waals surface area contributed by atoms with Crippen LogP contribution >= 0.6 is 0 Å². The lowest BCUT2D eigenvalue weighted by Gasteiger charge is -2.37. The van der Waals surface area contributed by atoms with Crippen LogP contribution in [0.2, 0.25) is 0 Å². The van der Waals surface area contributed by atoms with Gasteiger partial charge in [0.15, 0.2) is 5.78 Å². The van der Waals surface area contributed by atoms with Crippen molar-refractivity contribution in [1.29, 1.82) is 0 Å². The van der Waals surface area contributed by atoms with Gasteiger partial charge in [-0.15, -0.1) is 0 Å². The van der Waals surface area contributed by atoms with Gasteiger partial charge in [0, 0.05) is 32.7 Å². The fraction of sp³-hybridized carbons (Fsp3) is 0.417. The predicted molar refractivity (Wildman–Crippen MR) is 119 cm³/mol. The second kappa shape index (κ2) is 9.58. The van der Waals surface area contributed by atoms with Gasteiger partial charge in [0.05, 0.1) is 18.4 Å². The van der Waals surface area contributed by atoms with E-state index in [4.69, 9.17) is 14.2 Å². The molecule has 0 aromatic heterocycles. The highest BCUT2D eigenvalue weighted by atomic mass is 16.5. The molecule has 2 unspecified atom stereocenters. The molecular weight excluding hydrogens is 412 g/mol. The Labute approximate surface area is 187 Å². The minimum absolute atomic E-state index is 0.108. The van der Waals surface area contributed by atoms with Crippen LogP contribution in [0.5, 0.6) is 17.2 Å². The maximum absolute atomic E-state index is 12.3. The summed E-state index contributed by atoms with van der Waals surface area (Å²) in [6.45, 7) is 5.28. The SMILES string of the molecule is COc1ccccc1N1CCN(CC(O)COc2ccc3c(c2)C(=O)C(C(C)=O)O3)CC1. The van der Waals surface area contributed by atoms with Crippen molar-refractivity contribution in [2.45, 2.75) is 19.1 Å². The van der Waals surface area contributed by atoms with Gasteiger partial charge in [0.2, 0.25) is 11.9 Å². The van der Waals surface area contributed by atoms with Gasteiger partial charge in [0.1, 0.15) is 30.0 Å². The Morgan fingerprint density at radius 1 is 1.19 bits per heavy atom. The summed E-state index contributed by atoms with van der Waals surface area (Å²) in [6, 6.07) is 12.8. The van der Waals surface area contributed by atoms with E-state index in [1.165, 1.54) is 6.92 Å². The smallest absolute Gasteiger partial charge is 0.219 e. The molecule has 2 aliphatic rings. The predicted octanol–water partition coefficient (Wildman–Crippen LogP) is 1.79. The zero-order valence-corrected chi connectivity index (χ0v) is 18.3. The number of hydrogen-bond acceptors (Lipinski definition) is 8. The second-order valence-electron chi connectivity index (χ2n) is 8.06. The number of β-amino-alcohol motifs (C(OH)–C–C–N with tert-alkyl or cyclic N) is 1. The molecule has 1 N–H and O–H groups in total. The molecule has 8 heteroatoms. The van der Waals surface area contributed by atoms with Crippen molar-refractivity contribution in [1.82, 2.24) is 4.90 Å². The molecular formula is C24H28N2O6. The number of methoxy groups -OCH3 is 1. The maximum Gasteiger partial charge on any atom is 0.219 e. The number of carbonyl (C=O) groups is 2. The number of nitrogens with zero attached hydrogens (tertiary/aromatic N) is 2. The standard InChI is InChI=1S/C24H28N2O6/c1-16(27)24-23(29)19-13-18(7-8-21(19)32-24)31-15-17(28)14-25-9-11-26(12-10-25)20-5-3-4-6-22(20)30-2/h3-8,13,17,24,28H,9-12,14-15H2,1-2H3. The highest BCUT2D eigenvalue weighted by Gasteiger charge is 2.36. The van der Waals surface area contributed by atoms with Crippen LogP contribution in [-0.4, -0.2) is 80.2 Å². The van der Waals surface area contributed by atoms with Crippen LogP contribution in [-0.2, 0) is 4.79 Å². The normalized spacial score (nSPS) is 19.3. The van der Waals surface area contributed by atoms with E-state index in [0.29, 0.717) is 23.6 Å². The summed E-state index contributed by atoms with van der Waals surface area (Å²) in [4.78, 5) is 28.3. The monoisotopic (exact) mass is 440 g/mol. The van der Waals surface area contributed by atoms with E-state index < -0.39 is 12.2 Å². The lowest BCUT2D eigenvalue weighted by Crippen LogP contribution is -2.49. The van der Waals surface area contributed by atoms with Crippen molar-refractivity contribution in [3.8, 4) is 17.2 Å². The number of ketones is 2. The van der Waals surface area contributed by atoms with Crippen LogP contribution in [0.25, 0.3) is 0 Å². The van der Waals surface area contributed by atoms with Crippen LogP contribution in [0.3, 0.4) is 0 Å². The topological polar surface area (TPSA) is 88.5 Å². The number of Topliss-reactive ketones (excluding diaryl/α,β-unsaturated/α-hetero) is 2. The third-order valence-electron chi connectivity index (χ3n) is 5.78. The van der Waals surface area contributed by atoms with Crippen molar-refractivity contribution < 1.29 is 28.9 Å². The van der Waals surface area contributed by atoms with Crippen LogP contribution < -0.4 is 19.1 Å². The van der Waals surface area contributed by atoms with E-state index in [1.54, 1.807) is 25.3 Å². The number of benzene rings is 2. The molecule has 32 heavy (non-hydrogen) atoms. The summed E-state index contributed by atoms with van der Waals surface area (Å²) in [5.41, 5.74) is 1.42. The molecule has 1 saturated heterocycles. The Kier molecular flexibility index (Phi) is 6.62.